The zero-order chi connectivity index (χ0) is 17.8. The van der Waals surface area contributed by atoms with E-state index in [4.69, 9.17) is 0 Å². The SMILES string of the molecule is CC(=O)Nc1ccc(CN2CCN(c3c(C)cccc3C)CC2)cc1. The minimum absolute atomic E-state index is 0.0321. The van der Waals surface area contributed by atoms with Gasteiger partial charge in [-0.05, 0) is 42.7 Å². The molecular weight excluding hydrogens is 310 g/mol. The molecule has 4 nitrogen and oxygen atoms in total. The molecule has 25 heavy (non-hydrogen) atoms. The van der Waals surface area contributed by atoms with Gasteiger partial charge in [0.05, 0.1) is 0 Å². The zero-order valence-corrected chi connectivity index (χ0v) is 15.4. The van der Waals surface area contributed by atoms with E-state index in [0.29, 0.717) is 0 Å². The van der Waals surface area contributed by atoms with Crippen LogP contribution in [0.5, 0.6) is 0 Å². The van der Waals surface area contributed by atoms with E-state index in [9.17, 15) is 4.79 Å². The predicted molar refractivity (Wildman–Crippen MR) is 104 cm³/mol. The molecule has 0 atom stereocenters. The first-order valence-electron chi connectivity index (χ1n) is 8.93. The molecule has 3 rings (SSSR count). The molecule has 0 aliphatic carbocycles. The van der Waals surface area contributed by atoms with E-state index in [1.165, 1.54) is 29.3 Å². The fourth-order valence-electron chi connectivity index (χ4n) is 3.59. The van der Waals surface area contributed by atoms with Gasteiger partial charge in [-0.15, -0.1) is 0 Å². The van der Waals surface area contributed by atoms with E-state index < -0.39 is 0 Å². The number of nitrogens with one attached hydrogen (secondary N) is 1. The third-order valence-corrected chi connectivity index (χ3v) is 4.81. The maximum absolute atomic E-state index is 11.1. The summed E-state index contributed by atoms with van der Waals surface area (Å²) >= 11 is 0. The molecule has 132 valence electrons. The summed E-state index contributed by atoms with van der Waals surface area (Å²) in [5.74, 6) is -0.0321. The quantitative estimate of drug-likeness (QED) is 0.926. The van der Waals surface area contributed by atoms with Crippen molar-refractivity contribution in [1.29, 1.82) is 0 Å². The topological polar surface area (TPSA) is 35.6 Å². The summed E-state index contributed by atoms with van der Waals surface area (Å²) in [7, 11) is 0. The molecule has 1 saturated heterocycles. The van der Waals surface area contributed by atoms with Gasteiger partial charge < -0.3 is 10.2 Å². The van der Waals surface area contributed by atoms with Gasteiger partial charge in [0.15, 0.2) is 0 Å². The molecule has 0 spiro atoms. The van der Waals surface area contributed by atoms with Crippen molar-refractivity contribution in [2.45, 2.75) is 27.3 Å². The van der Waals surface area contributed by atoms with Gasteiger partial charge in [0.25, 0.3) is 0 Å². The molecule has 0 unspecified atom stereocenters. The molecule has 1 N–H and O–H groups in total. The van der Waals surface area contributed by atoms with Crippen LogP contribution in [0.2, 0.25) is 0 Å². The number of hydrogen-bond acceptors (Lipinski definition) is 3. The molecule has 0 saturated carbocycles. The van der Waals surface area contributed by atoms with Crippen molar-refractivity contribution in [1.82, 2.24) is 4.90 Å². The number of piperazine rings is 1. The first-order valence-corrected chi connectivity index (χ1v) is 8.93. The van der Waals surface area contributed by atoms with Crippen LogP contribution in [-0.2, 0) is 11.3 Å². The Morgan fingerprint density at radius 1 is 0.960 bits per heavy atom. The Morgan fingerprint density at radius 3 is 2.12 bits per heavy atom. The Hall–Kier alpha value is -2.33. The first kappa shape index (κ1) is 17.5. The summed E-state index contributed by atoms with van der Waals surface area (Å²) in [6.07, 6.45) is 0. The van der Waals surface area contributed by atoms with Crippen LogP contribution >= 0.6 is 0 Å². The Labute approximate surface area is 150 Å². The lowest BCUT2D eigenvalue weighted by atomic mass is 10.1. The van der Waals surface area contributed by atoms with Crippen molar-refractivity contribution in [3.8, 4) is 0 Å². The van der Waals surface area contributed by atoms with Gasteiger partial charge >= 0.3 is 0 Å². The monoisotopic (exact) mass is 337 g/mol. The van der Waals surface area contributed by atoms with Crippen LogP contribution in [-0.4, -0.2) is 37.0 Å². The molecule has 1 amide bonds. The summed E-state index contributed by atoms with van der Waals surface area (Å²) in [4.78, 5) is 16.1. The number of para-hydroxylation sites is 1. The van der Waals surface area contributed by atoms with Gasteiger partial charge in [-0.3, -0.25) is 9.69 Å². The van der Waals surface area contributed by atoms with Gasteiger partial charge in [0.2, 0.25) is 5.91 Å². The normalized spacial score (nSPS) is 15.2. The highest BCUT2D eigenvalue weighted by atomic mass is 16.1. The highest BCUT2D eigenvalue weighted by Crippen LogP contribution is 2.26. The van der Waals surface area contributed by atoms with Crippen molar-refractivity contribution in [2.24, 2.45) is 0 Å². The van der Waals surface area contributed by atoms with E-state index in [0.717, 1.165) is 38.4 Å². The predicted octanol–water partition coefficient (Wildman–Crippen LogP) is 3.58. The van der Waals surface area contributed by atoms with E-state index in [-0.39, 0.29) is 5.91 Å². The number of carbonyl (C=O) groups is 1. The fraction of sp³-hybridized carbons (Fsp3) is 0.381. The van der Waals surface area contributed by atoms with Crippen LogP contribution in [0, 0.1) is 13.8 Å². The molecule has 1 heterocycles. The number of rotatable bonds is 4. The average Bonchev–Trinajstić information content (AvgIpc) is 2.57. The maximum atomic E-state index is 11.1. The summed E-state index contributed by atoms with van der Waals surface area (Å²) < 4.78 is 0. The lowest BCUT2D eigenvalue weighted by Crippen LogP contribution is -2.46. The Morgan fingerprint density at radius 2 is 1.56 bits per heavy atom. The number of carbonyl (C=O) groups excluding carboxylic acids is 1. The third-order valence-electron chi connectivity index (χ3n) is 4.81. The molecule has 1 aliphatic rings. The molecule has 0 bridgehead atoms. The first-order chi connectivity index (χ1) is 12.0. The van der Waals surface area contributed by atoms with E-state index in [1.807, 2.05) is 12.1 Å². The fourth-order valence-corrected chi connectivity index (χ4v) is 3.59. The number of anilines is 2. The molecular formula is C21H27N3O. The van der Waals surface area contributed by atoms with Crippen molar-refractivity contribution < 1.29 is 4.79 Å². The summed E-state index contributed by atoms with van der Waals surface area (Å²) in [5, 5.41) is 2.81. The van der Waals surface area contributed by atoms with Crippen LogP contribution in [0.15, 0.2) is 42.5 Å². The van der Waals surface area contributed by atoms with Crippen LogP contribution in [0.3, 0.4) is 0 Å². The summed E-state index contributed by atoms with van der Waals surface area (Å²) in [6.45, 7) is 11.2. The van der Waals surface area contributed by atoms with Crippen molar-refractivity contribution >= 4 is 17.3 Å². The van der Waals surface area contributed by atoms with Crippen molar-refractivity contribution in [2.75, 3.05) is 36.4 Å². The smallest absolute Gasteiger partial charge is 0.221 e. The molecule has 2 aromatic rings. The minimum atomic E-state index is -0.0321. The van der Waals surface area contributed by atoms with Crippen LogP contribution < -0.4 is 10.2 Å². The minimum Gasteiger partial charge on any atom is -0.369 e. The largest absolute Gasteiger partial charge is 0.369 e. The Balaban J connectivity index is 1.57. The Bertz CT molecular complexity index is 711. The standard InChI is InChI=1S/C21H27N3O/c1-16-5-4-6-17(2)21(16)24-13-11-23(12-14-24)15-19-7-9-20(10-8-19)22-18(3)25/h4-10H,11-15H2,1-3H3,(H,22,25). The molecule has 4 heteroatoms. The highest BCUT2D eigenvalue weighted by molar-refractivity contribution is 5.88. The van der Waals surface area contributed by atoms with Crippen LogP contribution in [0.4, 0.5) is 11.4 Å². The molecule has 0 aromatic heterocycles. The average molecular weight is 337 g/mol. The van der Waals surface area contributed by atoms with Gasteiger partial charge in [0.1, 0.15) is 0 Å². The number of amides is 1. The number of nitrogens with zero attached hydrogens (tertiary/aromatic N) is 2. The third kappa shape index (κ3) is 4.40. The summed E-state index contributed by atoms with van der Waals surface area (Å²) in [6, 6.07) is 14.7. The van der Waals surface area contributed by atoms with Gasteiger partial charge in [-0.1, -0.05) is 30.3 Å². The maximum Gasteiger partial charge on any atom is 0.221 e. The zero-order valence-electron chi connectivity index (χ0n) is 15.4. The van der Waals surface area contributed by atoms with Gasteiger partial charge in [-0.2, -0.15) is 0 Å². The number of hydrogen-bond donors (Lipinski definition) is 1. The molecule has 0 radical (unpaired) electrons. The summed E-state index contributed by atoms with van der Waals surface area (Å²) in [5.41, 5.74) is 6.27. The lowest BCUT2D eigenvalue weighted by Gasteiger charge is -2.37. The van der Waals surface area contributed by atoms with Crippen LogP contribution in [0.1, 0.15) is 23.6 Å². The highest BCUT2D eigenvalue weighted by Gasteiger charge is 2.19. The van der Waals surface area contributed by atoms with E-state index in [2.05, 4.69) is 59.3 Å². The second kappa shape index (κ2) is 7.70. The van der Waals surface area contributed by atoms with Crippen LogP contribution in [0.25, 0.3) is 0 Å². The van der Waals surface area contributed by atoms with Crippen molar-refractivity contribution in [3.05, 3.63) is 59.2 Å². The second-order valence-electron chi connectivity index (χ2n) is 6.88. The molecule has 1 fully saturated rings. The second-order valence-corrected chi connectivity index (χ2v) is 6.88. The van der Waals surface area contributed by atoms with E-state index in [1.54, 1.807) is 0 Å². The molecule has 2 aromatic carbocycles. The molecule has 1 aliphatic heterocycles. The van der Waals surface area contributed by atoms with Gasteiger partial charge in [-0.25, -0.2) is 0 Å². The number of aryl methyl sites for hydroxylation is 2. The van der Waals surface area contributed by atoms with E-state index >= 15 is 0 Å². The Kier molecular flexibility index (Phi) is 5.39. The lowest BCUT2D eigenvalue weighted by molar-refractivity contribution is -0.114. The number of benzene rings is 2. The van der Waals surface area contributed by atoms with Gasteiger partial charge in [0, 0.05) is 51.0 Å². The van der Waals surface area contributed by atoms with Crippen molar-refractivity contribution in [3.63, 3.8) is 0 Å².